The van der Waals surface area contributed by atoms with Crippen LogP contribution < -0.4 is 5.69 Å². The number of aryl methyl sites for hydroxylation is 4. The van der Waals surface area contributed by atoms with Gasteiger partial charge < -0.3 is 4.74 Å². The number of benzene rings is 1. The lowest BCUT2D eigenvalue weighted by Gasteiger charge is -2.06. The molecular weight excluding hydrogens is 354 g/mol. The summed E-state index contributed by atoms with van der Waals surface area (Å²) in [5.41, 5.74) is 3.70. The topological polar surface area (TPSA) is 66.1 Å². The van der Waals surface area contributed by atoms with Crippen molar-refractivity contribution in [1.29, 1.82) is 0 Å². The molecule has 0 N–H and O–H groups in total. The number of rotatable bonds is 9. The van der Waals surface area contributed by atoms with Crippen molar-refractivity contribution in [2.45, 2.75) is 52.6 Å². The van der Waals surface area contributed by atoms with Gasteiger partial charge >= 0.3 is 11.7 Å². The van der Waals surface area contributed by atoms with E-state index < -0.39 is 0 Å². The first-order valence-corrected chi connectivity index (χ1v) is 9.86. The van der Waals surface area contributed by atoms with E-state index in [2.05, 4.69) is 4.98 Å². The lowest BCUT2D eigenvalue weighted by molar-refractivity contribution is -0.144. The standard InChI is InChI=1S/C22H27N3O3/c1-3-14-24-19-11-4-5-12-20(19)25(22(24)27)15-13-21(26)28-16-7-10-18-9-6-8-17(2)23-18/h4-6,8-9,11-12H,3,7,10,13-16H2,1-2H3. The molecule has 148 valence electrons. The third-order valence-corrected chi connectivity index (χ3v) is 4.70. The molecular formula is C22H27N3O3. The first kappa shape index (κ1) is 19.9. The van der Waals surface area contributed by atoms with Crippen LogP contribution in [0.3, 0.4) is 0 Å². The zero-order chi connectivity index (χ0) is 19.9. The number of hydrogen-bond donors (Lipinski definition) is 0. The molecule has 0 aliphatic carbocycles. The lowest BCUT2D eigenvalue weighted by atomic mass is 10.2. The molecule has 0 aliphatic heterocycles. The van der Waals surface area contributed by atoms with Crippen LogP contribution in [0.25, 0.3) is 11.0 Å². The average molecular weight is 381 g/mol. The summed E-state index contributed by atoms with van der Waals surface area (Å²) in [5.74, 6) is -0.281. The first-order valence-electron chi connectivity index (χ1n) is 9.86. The normalized spacial score (nSPS) is 11.1. The Hall–Kier alpha value is -2.89. The van der Waals surface area contributed by atoms with Crippen molar-refractivity contribution in [3.8, 4) is 0 Å². The summed E-state index contributed by atoms with van der Waals surface area (Å²) in [5, 5.41) is 0. The summed E-state index contributed by atoms with van der Waals surface area (Å²) in [6.07, 6.45) is 2.57. The third-order valence-electron chi connectivity index (χ3n) is 4.70. The molecule has 0 fully saturated rings. The Morgan fingerprint density at radius 3 is 2.43 bits per heavy atom. The van der Waals surface area contributed by atoms with Crippen molar-refractivity contribution in [3.63, 3.8) is 0 Å². The molecule has 3 aromatic rings. The summed E-state index contributed by atoms with van der Waals surface area (Å²) in [4.78, 5) is 29.2. The summed E-state index contributed by atoms with van der Waals surface area (Å²) < 4.78 is 8.78. The maximum atomic E-state index is 12.7. The Bertz CT molecular complexity index is 1000. The van der Waals surface area contributed by atoms with Gasteiger partial charge in [-0.2, -0.15) is 0 Å². The molecule has 0 bridgehead atoms. The number of para-hydroxylation sites is 2. The van der Waals surface area contributed by atoms with Crippen LogP contribution >= 0.6 is 0 Å². The molecule has 0 aliphatic rings. The van der Waals surface area contributed by atoms with E-state index in [0.717, 1.165) is 41.7 Å². The zero-order valence-electron chi connectivity index (χ0n) is 16.6. The van der Waals surface area contributed by atoms with Gasteiger partial charge in [0.2, 0.25) is 0 Å². The quantitative estimate of drug-likeness (QED) is 0.420. The number of hydrogen-bond acceptors (Lipinski definition) is 4. The van der Waals surface area contributed by atoms with Crippen LogP contribution in [0.15, 0.2) is 47.3 Å². The Balaban J connectivity index is 1.53. The predicted molar refractivity (Wildman–Crippen MR) is 109 cm³/mol. The molecule has 3 rings (SSSR count). The number of imidazole rings is 1. The van der Waals surface area contributed by atoms with Crippen LogP contribution in [0, 0.1) is 6.92 Å². The van der Waals surface area contributed by atoms with Gasteiger partial charge in [0.1, 0.15) is 0 Å². The molecule has 2 aromatic heterocycles. The third kappa shape index (κ3) is 4.68. The number of nitrogens with zero attached hydrogens (tertiary/aromatic N) is 3. The maximum absolute atomic E-state index is 12.7. The van der Waals surface area contributed by atoms with Gasteiger partial charge in [-0.25, -0.2) is 4.79 Å². The van der Waals surface area contributed by atoms with Crippen molar-refractivity contribution >= 4 is 17.0 Å². The first-order chi connectivity index (χ1) is 13.6. The highest BCUT2D eigenvalue weighted by molar-refractivity contribution is 5.76. The second kappa shape index (κ2) is 9.35. The fraction of sp³-hybridized carbons (Fsp3) is 0.409. The fourth-order valence-corrected chi connectivity index (χ4v) is 3.38. The van der Waals surface area contributed by atoms with Crippen LogP contribution in [0.2, 0.25) is 0 Å². The predicted octanol–water partition coefficient (Wildman–Crippen LogP) is 3.48. The lowest BCUT2D eigenvalue weighted by Crippen LogP contribution is -2.25. The van der Waals surface area contributed by atoms with E-state index in [4.69, 9.17) is 4.74 Å². The Morgan fingerprint density at radius 2 is 1.75 bits per heavy atom. The minimum absolute atomic E-state index is 0.0682. The Labute approximate surface area is 164 Å². The Kier molecular flexibility index (Phi) is 6.63. The van der Waals surface area contributed by atoms with Crippen LogP contribution in [0.1, 0.15) is 37.6 Å². The van der Waals surface area contributed by atoms with Crippen molar-refractivity contribution in [3.05, 3.63) is 64.3 Å². The minimum Gasteiger partial charge on any atom is -0.466 e. The highest BCUT2D eigenvalue weighted by Gasteiger charge is 2.13. The summed E-state index contributed by atoms with van der Waals surface area (Å²) in [6.45, 7) is 5.37. The minimum atomic E-state index is -0.281. The smallest absolute Gasteiger partial charge is 0.329 e. The molecule has 0 spiro atoms. The van der Waals surface area contributed by atoms with Gasteiger partial charge in [-0.3, -0.25) is 18.9 Å². The molecule has 28 heavy (non-hydrogen) atoms. The molecule has 0 atom stereocenters. The van der Waals surface area contributed by atoms with E-state index in [-0.39, 0.29) is 18.1 Å². The van der Waals surface area contributed by atoms with Crippen molar-refractivity contribution in [2.24, 2.45) is 0 Å². The van der Waals surface area contributed by atoms with E-state index in [1.165, 1.54) is 0 Å². The van der Waals surface area contributed by atoms with Gasteiger partial charge in [0, 0.05) is 24.5 Å². The number of esters is 1. The number of aromatic nitrogens is 3. The van der Waals surface area contributed by atoms with E-state index in [9.17, 15) is 9.59 Å². The van der Waals surface area contributed by atoms with E-state index in [0.29, 0.717) is 19.7 Å². The van der Waals surface area contributed by atoms with Crippen LogP contribution in [0.5, 0.6) is 0 Å². The molecule has 0 saturated carbocycles. The number of ether oxygens (including phenoxy) is 1. The highest BCUT2D eigenvalue weighted by atomic mass is 16.5. The van der Waals surface area contributed by atoms with Crippen LogP contribution in [-0.2, 0) is 29.0 Å². The number of pyridine rings is 1. The molecule has 0 amide bonds. The van der Waals surface area contributed by atoms with Crippen LogP contribution in [-0.4, -0.2) is 26.7 Å². The second-order valence-corrected chi connectivity index (χ2v) is 6.92. The maximum Gasteiger partial charge on any atom is 0.329 e. The molecule has 0 saturated heterocycles. The van der Waals surface area contributed by atoms with Gasteiger partial charge in [-0.1, -0.05) is 25.1 Å². The monoisotopic (exact) mass is 381 g/mol. The van der Waals surface area contributed by atoms with Gasteiger partial charge in [0.25, 0.3) is 0 Å². The van der Waals surface area contributed by atoms with E-state index in [1.807, 2.05) is 56.3 Å². The molecule has 0 unspecified atom stereocenters. The van der Waals surface area contributed by atoms with Crippen molar-refractivity contribution < 1.29 is 9.53 Å². The zero-order valence-corrected chi connectivity index (χ0v) is 16.6. The van der Waals surface area contributed by atoms with Gasteiger partial charge in [-0.15, -0.1) is 0 Å². The molecule has 6 nitrogen and oxygen atoms in total. The molecule has 1 aromatic carbocycles. The van der Waals surface area contributed by atoms with E-state index >= 15 is 0 Å². The molecule has 2 heterocycles. The van der Waals surface area contributed by atoms with Crippen LogP contribution in [0.4, 0.5) is 0 Å². The number of carbonyl (C=O) groups is 1. The largest absolute Gasteiger partial charge is 0.466 e. The van der Waals surface area contributed by atoms with Crippen molar-refractivity contribution in [2.75, 3.05) is 6.61 Å². The SMILES string of the molecule is CCCn1c(=O)n(CCC(=O)OCCCc2cccc(C)n2)c2ccccc21. The van der Waals surface area contributed by atoms with E-state index in [1.54, 1.807) is 9.13 Å². The number of carbonyl (C=O) groups excluding carboxylic acids is 1. The summed E-state index contributed by atoms with van der Waals surface area (Å²) in [7, 11) is 0. The Morgan fingerprint density at radius 1 is 1.04 bits per heavy atom. The molecule has 0 radical (unpaired) electrons. The molecule has 6 heteroatoms. The second-order valence-electron chi connectivity index (χ2n) is 6.92. The summed E-state index contributed by atoms with van der Waals surface area (Å²) in [6, 6.07) is 13.6. The van der Waals surface area contributed by atoms with Crippen molar-refractivity contribution in [1.82, 2.24) is 14.1 Å². The fourth-order valence-electron chi connectivity index (χ4n) is 3.38. The van der Waals surface area contributed by atoms with Gasteiger partial charge in [-0.05, 0) is 50.5 Å². The number of fused-ring (bicyclic) bond motifs is 1. The summed E-state index contributed by atoms with van der Waals surface area (Å²) >= 11 is 0. The average Bonchev–Trinajstić information content (AvgIpc) is 2.95. The van der Waals surface area contributed by atoms with Gasteiger partial charge in [0.05, 0.1) is 24.1 Å². The highest BCUT2D eigenvalue weighted by Crippen LogP contribution is 2.13. The van der Waals surface area contributed by atoms with Gasteiger partial charge in [0.15, 0.2) is 0 Å².